The summed E-state index contributed by atoms with van der Waals surface area (Å²) in [6.45, 7) is 3.66. The van der Waals surface area contributed by atoms with Gasteiger partial charge in [0.1, 0.15) is 0 Å². The van der Waals surface area contributed by atoms with Crippen molar-refractivity contribution >= 4 is 33.4 Å². The quantitative estimate of drug-likeness (QED) is 0.803. The van der Waals surface area contributed by atoms with E-state index in [0.717, 1.165) is 17.6 Å². The Kier molecular flexibility index (Phi) is 4.68. The lowest BCUT2D eigenvalue weighted by Gasteiger charge is -2.32. The lowest BCUT2D eigenvalue weighted by molar-refractivity contribution is 0.0705. The Morgan fingerprint density at radius 2 is 2.22 bits per heavy atom. The summed E-state index contributed by atoms with van der Waals surface area (Å²) >= 11 is 9.31. The van der Waals surface area contributed by atoms with Crippen LogP contribution in [0.1, 0.15) is 36.5 Å². The summed E-state index contributed by atoms with van der Waals surface area (Å²) in [6, 6.07) is 5.32. The van der Waals surface area contributed by atoms with Crippen LogP contribution in [0.5, 0.6) is 0 Å². The molecule has 1 aromatic rings. The molecule has 0 spiro atoms. The van der Waals surface area contributed by atoms with Crippen LogP contribution in [0.3, 0.4) is 0 Å². The summed E-state index contributed by atoms with van der Waals surface area (Å²) in [4.78, 5) is 14.4. The van der Waals surface area contributed by atoms with Gasteiger partial charge in [-0.2, -0.15) is 0 Å². The van der Waals surface area contributed by atoms with E-state index in [1.807, 2.05) is 11.8 Å². The van der Waals surface area contributed by atoms with E-state index in [2.05, 4.69) is 15.9 Å². The first kappa shape index (κ1) is 13.9. The Bertz CT molecular complexity index is 445. The Labute approximate surface area is 121 Å². The molecule has 1 saturated carbocycles. The highest BCUT2D eigenvalue weighted by atomic mass is 79.9. The molecule has 1 amide bonds. The van der Waals surface area contributed by atoms with Crippen molar-refractivity contribution in [1.29, 1.82) is 0 Å². The Morgan fingerprint density at radius 3 is 2.72 bits per heavy atom. The largest absolute Gasteiger partial charge is 0.339 e. The minimum Gasteiger partial charge on any atom is -0.339 e. The van der Waals surface area contributed by atoms with E-state index in [0.29, 0.717) is 16.5 Å². The Balaban J connectivity index is 2.11. The third-order valence-electron chi connectivity index (χ3n) is 3.53. The smallest absolute Gasteiger partial charge is 0.254 e. The number of hydrogen-bond donors (Lipinski definition) is 0. The molecule has 2 rings (SSSR count). The van der Waals surface area contributed by atoms with Crippen molar-refractivity contribution in [1.82, 2.24) is 4.90 Å². The van der Waals surface area contributed by atoms with Crippen LogP contribution in [0.4, 0.5) is 0 Å². The molecular formula is C14H17BrClNO. The third kappa shape index (κ3) is 3.07. The monoisotopic (exact) mass is 329 g/mol. The number of carbonyl (C=O) groups is 1. The topological polar surface area (TPSA) is 20.3 Å². The average molecular weight is 331 g/mol. The number of benzene rings is 1. The molecule has 0 atom stereocenters. The van der Waals surface area contributed by atoms with E-state index in [-0.39, 0.29) is 5.91 Å². The van der Waals surface area contributed by atoms with Crippen LogP contribution < -0.4 is 0 Å². The summed E-state index contributed by atoms with van der Waals surface area (Å²) < 4.78 is 0.770. The van der Waals surface area contributed by atoms with Gasteiger partial charge in [0.05, 0.1) is 5.56 Å². The minimum atomic E-state index is 0.0907. The van der Waals surface area contributed by atoms with Crippen molar-refractivity contribution in [2.75, 3.05) is 13.1 Å². The molecule has 2 nitrogen and oxygen atoms in total. The molecule has 0 N–H and O–H groups in total. The van der Waals surface area contributed by atoms with E-state index in [1.165, 1.54) is 19.3 Å². The fraction of sp³-hybridized carbons (Fsp3) is 0.500. The lowest BCUT2D eigenvalue weighted by atomic mass is 9.85. The summed E-state index contributed by atoms with van der Waals surface area (Å²) in [7, 11) is 0. The summed E-state index contributed by atoms with van der Waals surface area (Å²) in [6.07, 6.45) is 3.82. The van der Waals surface area contributed by atoms with Crippen molar-refractivity contribution < 1.29 is 4.79 Å². The normalized spacial score (nSPS) is 15.3. The van der Waals surface area contributed by atoms with Gasteiger partial charge < -0.3 is 4.90 Å². The standard InChI is InChI=1S/C14H17BrClNO/c1-2-17(9-10-4-3-5-10)14(18)12-7-6-11(16)8-13(12)15/h6-8,10H,2-5,9H2,1H3. The van der Waals surface area contributed by atoms with E-state index < -0.39 is 0 Å². The van der Waals surface area contributed by atoms with E-state index in [9.17, 15) is 4.79 Å². The predicted molar refractivity (Wildman–Crippen MR) is 78.1 cm³/mol. The van der Waals surface area contributed by atoms with Crippen LogP contribution in [-0.4, -0.2) is 23.9 Å². The molecule has 1 aromatic carbocycles. The first-order chi connectivity index (χ1) is 8.61. The molecule has 1 aliphatic carbocycles. The SMILES string of the molecule is CCN(CC1CCC1)C(=O)c1ccc(Cl)cc1Br. The maximum Gasteiger partial charge on any atom is 0.254 e. The summed E-state index contributed by atoms with van der Waals surface area (Å²) in [5, 5.41) is 0.639. The van der Waals surface area contributed by atoms with Gasteiger partial charge in [-0.1, -0.05) is 18.0 Å². The zero-order valence-corrected chi connectivity index (χ0v) is 12.8. The van der Waals surface area contributed by atoms with Gasteiger partial charge in [0.2, 0.25) is 0 Å². The van der Waals surface area contributed by atoms with Crippen molar-refractivity contribution in [2.45, 2.75) is 26.2 Å². The van der Waals surface area contributed by atoms with Crippen LogP contribution in [-0.2, 0) is 0 Å². The molecule has 4 heteroatoms. The van der Waals surface area contributed by atoms with Gasteiger partial charge in [-0.05, 0) is 59.8 Å². The molecule has 1 fully saturated rings. The molecule has 0 saturated heterocycles. The van der Waals surface area contributed by atoms with Crippen LogP contribution >= 0.6 is 27.5 Å². The van der Waals surface area contributed by atoms with Crippen molar-refractivity contribution in [3.8, 4) is 0 Å². The predicted octanol–water partition coefficient (Wildman–Crippen LogP) is 4.36. The van der Waals surface area contributed by atoms with E-state index >= 15 is 0 Å². The molecule has 0 radical (unpaired) electrons. The first-order valence-electron chi connectivity index (χ1n) is 6.36. The Morgan fingerprint density at radius 1 is 1.50 bits per heavy atom. The highest BCUT2D eigenvalue weighted by Crippen LogP contribution is 2.28. The molecule has 98 valence electrons. The maximum absolute atomic E-state index is 12.4. The Hall–Kier alpha value is -0.540. The second kappa shape index (κ2) is 6.07. The van der Waals surface area contributed by atoms with Crippen molar-refractivity contribution in [3.63, 3.8) is 0 Å². The zero-order valence-electron chi connectivity index (χ0n) is 10.5. The minimum absolute atomic E-state index is 0.0907. The van der Waals surface area contributed by atoms with Crippen LogP contribution in [0.15, 0.2) is 22.7 Å². The van der Waals surface area contributed by atoms with E-state index in [1.54, 1.807) is 18.2 Å². The van der Waals surface area contributed by atoms with Gasteiger partial charge in [0.15, 0.2) is 0 Å². The number of hydrogen-bond acceptors (Lipinski definition) is 1. The third-order valence-corrected chi connectivity index (χ3v) is 4.42. The molecule has 18 heavy (non-hydrogen) atoms. The summed E-state index contributed by atoms with van der Waals surface area (Å²) in [5.74, 6) is 0.785. The molecule has 0 aromatic heterocycles. The second-order valence-corrected chi connectivity index (χ2v) is 6.06. The molecule has 1 aliphatic rings. The molecule has 0 bridgehead atoms. The zero-order chi connectivity index (χ0) is 13.1. The highest BCUT2D eigenvalue weighted by Gasteiger charge is 2.24. The fourth-order valence-corrected chi connectivity index (χ4v) is 3.03. The van der Waals surface area contributed by atoms with Crippen molar-refractivity contribution in [3.05, 3.63) is 33.3 Å². The highest BCUT2D eigenvalue weighted by molar-refractivity contribution is 9.10. The van der Waals surface area contributed by atoms with Crippen molar-refractivity contribution in [2.24, 2.45) is 5.92 Å². The van der Waals surface area contributed by atoms with Gasteiger partial charge in [-0.15, -0.1) is 0 Å². The van der Waals surface area contributed by atoms with Gasteiger partial charge in [0.25, 0.3) is 5.91 Å². The van der Waals surface area contributed by atoms with Crippen LogP contribution in [0, 0.1) is 5.92 Å². The van der Waals surface area contributed by atoms with Gasteiger partial charge >= 0.3 is 0 Å². The fourth-order valence-electron chi connectivity index (χ4n) is 2.18. The second-order valence-electron chi connectivity index (χ2n) is 4.76. The first-order valence-corrected chi connectivity index (χ1v) is 7.53. The number of halogens is 2. The van der Waals surface area contributed by atoms with Crippen LogP contribution in [0.25, 0.3) is 0 Å². The number of nitrogens with zero attached hydrogens (tertiary/aromatic N) is 1. The molecule has 0 aliphatic heterocycles. The lowest BCUT2D eigenvalue weighted by Crippen LogP contribution is -2.37. The van der Waals surface area contributed by atoms with Gasteiger partial charge in [0, 0.05) is 22.6 Å². The molecular weight excluding hydrogens is 314 g/mol. The van der Waals surface area contributed by atoms with Crippen LogP contribution in [0.2, 0.25) is 5.02 Å². The van der Waals surface area contributed by atoms with Gasteiger partial charge in [-0.25, -0.2) is 0 Å². The maximum atomic E-state index is 12.4. The molecule has 0 heterocycles. The number of amides is 1. The van der Waals surface area contributed by atoms with Gasteiger partial charge in [-0.3, -0.25) is 4.79 Å². The van der Waals surface area contributed by atoms with E-state index in [4.69, 9.17) is 11.6 Å². The number of carbonyl (C=O) groups excluding carboxylic acids is 1. The number of rotatable bonds is 4. The molecule has 0 unspecified atom stereocenters. The summed E-state index contributed by atoms with van der Waals surface area (Å²) in [5.41, 5.74) is 0.695. The average Bonchev–Trinajstić information content (AvgIpc) is 2.27.